The van der Waals surface area contributed by atoms with Crippen molar-refractivity contribution < 1.29 is 19.4 Å². The molecule has 172 valence electrons. The summed E-state index contributed by atoms with van der Waals surface area (Å²) in [6, 6.07) is 3.47. The normalized spacial score (nSPS) is 17.7. The van der Waals surface area contributed by atoms with E-state index in [0.29, 0.717) is 26.2 Å². The maximum absolute atomic E-state index is 12.3. The molecule has 0 radical (unpaired) electrons. The highest BCUT2D eigenvalue weighted by Crippen LogP contribution is 2.30. The Morgan fingerprint density at radius 2 is 1.71 bits per heavy atom. The number of rotatable bonds is 6. The summed E-state index contributed by atoms with van der Waals surface area (Å²) in [5.41, 5.74) is 2.57. The van der Waals surface area contributed by atoms with Gasteiger partial charge in [-0.3, -0.25) is 0 Å². The van der Waals surface area contributed by atoms with Gasteiger partial charge >= 0.3 is 12.1 Å². The number of likely N-dealkylation sites (tertiary alicyclic amines) is 1. The van der Waals surface area contributed by atoms with E-state index < -0.39 is 11.6 Å². The van der Waals surface area contributed by atoms with Gasteiger partial charge in [-0.1, -0.05) is 0 Å². The van der Waals surface area contributed by atoms with Crippen LogP contribution in [0.1, 0.15) is 49.5 Å². The van der Waals surface area contributed by atoms with Crippen molar-refractivity contribution in [3.05, 3.63) is 23.3 Å². The number of ether oxygens (including phenoxy) is 1. The van der Waals surface area contributed by atoms with Gasteiger partial charge in [0.05, 0.1) is 5.56 Å². The van der Waals surface area contributed by atoms with Crippen LogP contribution >= 0.6 is 0 Å². The molecule has 2 saturated heterocycles. The van der Waals surface area contributed by atoms with E-state index in [4.69, 9.17) is 4.74 Å². The summed E-state index contributed by atoms with van der Waals surface area (Å²) in [7, 11) is 0. The summed E-state index contributed by atoms with van der Waals surface area (Å²) in [4.78, 5) is 30.4. The monoisotopic (exact) mass is 432 g/mol. The minimum absolute atomic E-state index is 0.277. The summed E-state index contributed by atoms with van der Waals surface area (Å²) in [5.74, 6) is -0.934. The number of hydrogen-bond acceptors (Lipinski definition) is 6. The van der Waals surface area contributed by atoms with Crippen molar-refractivity contribution in [3.63, 3.8) is 0 Å². The Labute approximate surface area is 185 Å². The minimum Gasteiger partial charge on any atom is -0.478 e. The molecule has 8 nitrogen and oxygen atoms in total. The van der Waals surface area contributed by atoms with Crippen LogP contribution in [-0.4, -0.2) is 84.9 Å². The maximum Gasteiger partial charge on any atom is 0.410 e. The number of piperazine rings is 1. The average molecular weight is 433 g/mol. The molecule has 31 heavy (non-hydrogen) atoms. The van der Waals surface area contributed by atoms with Gasteiger partial charge in [0.15, 0.2) is 0 Å². The summed E-state index contributed by atoms with van der Waals surface area (Å²) in [5, 5.41) is 13.1. The quantitative estimate of drug-likeness (QED) is 0.714. The third kappa shape index (κ3) is 6.26. The van der Waals surface area contributed by atoms with E-state index in [0.717, 1.165) is 43.1 Å². The number of carboxylic acid groups (broad SMARTS) is 1. The lowest BCUT2D eigenvalue weighted by atomic mass is 10.1. The van der Waals surface area contributed by atoms with Gasteiger partial charge in [-0.25, -0.2) is 9.59 Å². The van der Waals surface area contributed by atoms with Crippen molar-refractivity contribution in [2.24, 2.45) is 0 Å². The molecule has 0 bridgehead atoms. The van der Waals surface area contributed by atoms with Crippen LogP contribution in [0.4, 0.5) is 16.2 Å². The van der Waals surface area contributed by atoms with Gasteiger partial charge in [0, 0.05) is 50.6 Å². The van der Waals surface area contributed by atoms with E-state index in [9.17, 15) is 14.7 Å². The Bertz CT molecular complexity index is 792. The number of nitrogens with one attached hydrogen (secondary N) is 1. The van der Waals surface area contributed by atoms with Crippen LogP contribution in [0.2, 0.25) is 0 Å². The fourth-order valence-electron chi connectivity index (χ4n) is 4.15. The van der Waals surface area contributed by atoms with Gasteiger partial charge in [-0.2, -0.15) is 0 Å². The molecule has 0 atom stereocenters. The van der Waals surface area contributed by atoms with E-state index in [-0.39, 0.29) is 11.7 Å². The number of carbonyl (C=O) groups excluding carboxylic acids is 1. The molecule has 3 rings (SSSR count). The number of carboxylic acids is 1. The maximum atomic E-state index is 12.3. The lowest BCUT2D eigenvalue weighted by Gasteiger charge is -2.37. The lowest BCUT2D eigenvalue weighted by Crippen LogP contribution is -2.50. The zero-order chi connectivity index (χ0) is 22.6. The molecule has 8 heteroatoms. The van der Waals surface area contributed by atoms with E-state index in [1.165, 1.54) is 12.8 Å². The van der Waals surface area contributed by atoms with Gasteiger partial charge in [0.25, 0.3) is 0 Å². The summed E-state index contributed by atoms with van der Waals surface area (Å²) in [6.07, 6.45) is 2.22. The Morgan fingerprint density at radius 3 is 2.29 bits per heavy atom. The van der Waals surface area contributed by atoms with Gasteiger partial charge in [-0.15, -0.1) is 0 Å². The predicted octanol–water partition coefficient (Wildman–Crippen LogP) is 3.26. The molecule has 0 aliphatic carbocycles. The van der Waals surface area contributed by atoms with Crippen molar-refractivity contribution >= 4 is 23.4 Å². The highest BCUT2D eigenvalue weighted by Gasteiger charge is 2.27. The third-order valence-electron chi connectivity index (χ3n) is 5.84. The zero-order valence-corrected chi connectivity index (χ0v) is 19.2. The second kappa shape index (κ2) is 9.77. The zero-order valence-electron chi connectivity index (χ0n) is 19.2. The predicted molar refractivity (Wildman–Crippen MR) is 122 cm³/mol. The third-order valence-corrected chi connectivity index (χ3v) is 5.84. The SMILES string of the molecule is Cc1c(NCCN2CCCC2)cc(C(=O)O)cc1N1CCN(C(=O)OC(C)(C)C)CC1. The van der Waals surface area contributed by atoms with Crippen LogP contribution in [0.5, 0.6) is 0 Å². The lowest BCUT2D eigenvalue weighted by molar-refractivity contribution is 0.0240. The van der Waals surface area contributed by atoms with Crippen LogP contribution in [-0.2, 0) is 4.74 Å². The Kier molecular flexibility index (Phi) is 7.30. The second-order valence-electron chi connectivity index (χ2n) is 9.40. The van der Waals surface area contributed by atoms with Gasteiger partial charge in [0.2, 0.25) is 0 Å². The summed E-state index contributed by atoms with van der Waals surface area (Å²) < 4.78 is 5.47. The molecule has 0 unspecified atom stereocenters. The van der Waals surface area contributed by atoms with E-state index in [1.807, 2.05) is 27.7 Å². The van der Waals surface area contributed by atoms with E-state index >= 15 is 0 Å². The van der Waals surface area contributed by atoms with Gasteiger partial charge in [-0.05, 0) is 71.3 Å². The van der Waals surface area contributed by atoms with Crippen molar-refractivity contribution in [1.82, 2.24) is 9.80 Å². The first-order valence-electron chi connectivity index (χ1n) is 11.2. The molecule has 1 aromatic carbocycles. The molecule has 2 aliphatic heterocycles. The smallest absolute Gasteiger partial charge is 0.410 e. The van der Waals surface area contributed by atoms with E-state index in [1.54, 1.807) is 17.0 Å². The van der Waals surface area contributed by atoms with Crippen molar-refractivity contribution in [2.75, 3.05) is 62.6 Å². The first-order chi connectivity index (χ1) is 14.6. The van der Waals surface area contributed by atoms with Crippen LogP contribution in [0, 0.1) is 6.92 Å². The molecule has 2 aliphatic rings. The fourth-order valence-corrected chi connectivity index (χ4v) is 4.15. The fraction of sp³-hybridized carbons (Fsp3) is 0.652. The number of aromatic carboxylic acids is 1. The Morgan fingerprint density at radius 1 is 1.06 bits per heavy atom. The second-order valence-corrected chi connectivity index (χ2v) is 9.40. The summed E-state index contributed by atoms with van der Waals surface area (Å²) in [6.45, 7) is 14.0. The van der Waals surface area contributed by atoms with Gasteiger partial charge < -0.3 is 29.9 Å². The molecule has 2 fully saturated rings. The Hall–Kier alpha value is -2.48. The average Bonchev–Trinajstić information content (AvgIpc) is 3.21. The standard InChI is InChI=1S/C23H36N4O4/c1-17-19(24-7-10-25-8-5-6-9-25)15-18(21(28)29)16-20(17)26-11-13-27(14-12-26)22(30)31-23(2,3)4/h15-16,24H,5-14H2,1-4H3,(H,28,29). The topological polar surface area (TPSA) is 85.4 Å². The molecule has 2 heterocycles. The minimum atomic E-state index is -0.934. The number of carbonyl (C=O) groups is 2. The molecular formula is C23H36N4O4. The first-order valence-corrected chi connectivity index (χ1v) is 11.2. The van der Waals surface area contributed by atoms with Crippen molar-refractivity contribution in [1.29, 1.82) is 0 Å². The van der Waals surface area contributed by atoms with Crippen LogP contribution in [0.15, 0.2) is 12.1 Å². The van der Waals surface area contributed by atoms with E-state index in [2.05, 4.69) is 15.1 Å². The number of hydrogen-bond donors (Lipinski definition) is 2. The molecule has 1 amide bonds. The number of nitrogens with zero attached hydrogens (tertiary/aromatic N) is 3. The highest BCUT2D eigenvalue weighted by molar-refractivity contribution is 5.91. The molecule has 0 spiro atoms. The molecular weight excluding hydrogens is 396 g/mol. The van der Waals surface area contributed by atoms with Crippen molar-refractivity contribution in [2.45, 2.75) is 46.1 Å². The number of benzene rings is 1. The van der Waals surface area contributed by atoms with Crippen molar-refractivity contribution in [3.8, 4) is 0 Å². The highest BCUT2D eigenvalue weighted by atomic mass is 16.6. The van der Waals surface area contributed by atoms with Crippen LogP contribution < -0.4 is 10.2 Å². The molecule has 0 aromatic heterocycles. The largest absolute Gasteiger partial charge is 0.478 e. The number of anilines is 2. The molecule has 2 N–H and O–H groups in total. The summed E-state index contributed by atoms with van der Waals surface area (Å²) >= 11 is 0. The first kappa shape index (κ1) is 23.2. The molecule has 1 aromatic rings. The number of amides is 1. The van der Waals surface area contributed by atoms with Crippen LogP contribution in [0.3, 0.4) is 0 Å². The Balaban J connectivity index is 1.68. The van der Waals surface area contributed by atoms with Crippen LogP contribution in [0.25, 0.3) is 0 Å². The van der Waals surface area contributed by atoms with Gasteiger partial charge in [0.1, 0.15) is 5.60 Å². The molecule has 0 saturated carbocycles.